The molecule has 2 aromatic carbocycles. The molecule has 2 N–H and O–H groups in total. The maximum Gasteiger partial charge on any atom is 0.430 e. The van der Waals surface area contributed by atoms with Gasteiger partial charge in [0.2, 0.25) is 0 Å². The lowest BCUT2D eigenvalue weighted by Gasteiger charge is -2.40. The highest BCUT2D eigenvalue weighted by Gasteiger charge is 2.62. The Morgan fingerprint density at radius 3 is 2.26 bits per heavy atom. The van der Waals surface area contributed by atoms with Crippen LogP contribution in [0.25, 0.3) is 0 Å². The van der Waals surface area contributed by atoms with Crippen LogP contribution in [0, 0.1) is 0 Å². The van der Waals surface area contributed by atoms with E-state index < -0.39 is 23.2 Å². The molecule has 2 fully saturated rings. The van der Waals surface area contributed by atoms with Crippen LogP contribution in [0.2, 0.25) is 5.02 Å². The van der Waals surface area contributed by atoms with Gasteiger partial charge < -0.3 is 20.2 Å². The smallest absolute Gasteiger partial charge is 0.381 e. The van der Waals surface area contributed by atoms with E-state index in [4.69, 9.17) is 11.6 Å². The Kier molecular flexibility index (Phi) is 8.25. The third-order valence-corrected chi connectivity index (χ3v) is 7.69. The zero-order valence-corrected chi connectivity index (χ0v) is 22.1. The van der Waals surface area contributed by atoms with Crippen molar-refractivity contribution < 1.29 is 27.9 Å². The van der Waals surface area contributed by atoms with Crippen molar-refractivity contribution in [3.63, 3.8) is 0 Å². The number of rotatable bonds is 6. The zero-order valence-electron chi connectivity index (χ0n) is 21.3. The number of nitrogens with one attached hydrogen (secondary N) is 1. The van der Waals surface area contributed by atoms with Gasteiger partial charge in [-0.2, -0.15) is 13.2 Å². The van der Waals surface area contributed by atoms with Gasteiger partial charge in [-0.3, -0.25) is 14.5 Å². The number of carbonyl (C=O) groups is 2. The van der Waals surface area contributed by atoms with E-state index >= 15 is 0 Å². The van der Waals surface area contributed by atoms with E-state index in [1.165, 1.54) is 23.1 Å². The largest absolute Gasteiger partial charge is 0.430 e. The standard InChI is InChI=1S/C27H32ClF3N4O3/c1-33(2)24(36)22-9-8-19(16-23(22)28)32-20-10-13-35(17-20)21-11-14-34(15-12-21)25(37)26(38,27(29,30)31)18-6-4-3-5-7-18/h3-9,16,20-21,32,38H,10-15,17H2,1-2H3/t20-,26-/m1/s1. The Morgan fingerprint density at radius 2 is 1.68 bits per heavy atom. The number of likely N-dealkylation sites (tertiary alicyclic amines) is 2. The molecule has 7 nitrogen and oxygen atoms in total. The molecule has 0 saturated carbocycles. The summed E-state index contributed by atoms with van der Waals surface area (Å²) in [5, 5.41) is 14.4. The second-order valence-electron chi connectivity index (χ2n) is 10.1. The van der Waals surface area contributed by atoms with E-state index in [0.29, 0.717) is 23.4 Å². The lowest BCUT2D eigenvalue weighted by Crippen LogP contribution is -2.58. The van der Waals surface area contributed by atoms with Crippen LogP contribution in [0.15, 0.2) is 48.5 Å². The summed E-state index contributed by atoms with van der Waals surface area (Å²) in [4.78, 5) is 30.1. The van der Waals surface area contributed by atoms with Crippen molar-refractivity contribution >= 4 is 29.1 Å². The number of benzene rings is 2. The van der Waals surface area contributed by atoms with E-state index in [0.717, 1.165) is 42.2 Å². The van der Waals surface area contributed by atoms with Crippen LogP contribution in [0.3, 0.4) is 0 Å². The summed E-state index contributed by atoms with van der Waals surface area (Å²) in [6, 6.07) is 12.0. The van der Waals surface area contributed by atoms with E-state index in [-0.39, 0.29) is 31.1 Å². The number of piperidine rings is 1. The predicted molar refractivity (Wildman–Crippen MR) is 139 cm³/mol. The van der Waals surface area contributed by atoms with E-state index in [1.54, 1.807) is 26.2 Å². The fourth-order valence-electron chi connectivity index (χ4n) is 5.24. The summed E-state index contributed by atoms with van der Waals surface area (Å²) >= 11 is 6.32. The van der Waals surface area contributed by atoms with Crippen LogP contribution in [0.4, 0.5) is 18.9 Å². The second kappa shape index (κ2) is 11.1. The number of aliphatic hydroxyl groups is 1. The lowest BCUT2D eigenvalue weighted by atomic mass is 9.90. The number of amides is 2. The predicted octanol–water partition coefficient (Wildman–Crippen LogP) is 3.97. The van der Waals surface area contributed by atoms with Crippen molar-refractivity contribution in [1.82, 2.24) is 14.7 Å². The van der Waals surface area contributed by atoms with Gasteiger partial charge in [-0.25, -0.2) is 0 Å². The molecular formula is C27H32ClF3N4O3. The average Bonchev–Trinajstić information content (AvgIpc) is 3.35. The molecule has 2 amide bonds. The Bertz CT molecular complexity index is 1160. The minimum atomic E-state index is -5.14. The molecule has 38 heavy (non-hydrogen) atoms. The molecule has 0 bridgehead atoms. The third-order valence-electron chi connectivity index (χ3n) is 7.38. The lowest BCUT2D eigenvalue weighted by molar-refractivity contribution is -0.262. The first-order chi connectivity index (χ1) is 17.9. The Morgan fingerprint density at radius 1 is 1.03 bits per heavy atom. The SMILES string of the molecule is CN(C)C(=O)c1ccc(N[C@@H]2CCN(C3CCN(C(=O)[C@](O)(c4ccccc4)C(F)(F)F)CC3)C2)cc1Cl. The molecular weight excluding hydrogens is 521 g/mol. The molecule has 206 valence electrons. The maximum absolute atomic E-state index is 13.9. The molecule has 0 radical (unpaired) electrons. The highest BCUT2D eigenvalue weighted by atomic mass is 35.5. The monoisotopic (exact) mass is 552 g/mol. The van der Waals surface area contributed by atoms with Crippen LogP contribution in [0.1, 0.15) is 35.2 Å². The number of hydrogen-bond acceptors (Lipinski definition) is 5. The van der Waals surface area contributed by atoms with Crippen LogP contribution in [-0.4, -0.2) is 90.2 Å². The minimum absolute atomic E-state index is 0.130. The second-order valence-corrected chi connectivity index (χ2v) is 10.5. The van der Waals surface area contributed by atoms with Crippen molar-refractivity contribution in [3.05, 3.63) is 64.7 Å². The Balaban J connectivity index is 1.34. The van der Waals surface area contributed by atoms with Crippen molar-refractivity contribution in [2.75, 3.05) is 45.6 Å². The summed E-state index contributed by atoms with van der Waals surface area (Å²) < 4.78 is 41.8. The van der Waals surface area contributed by atoms with Gasteiger partial charge in [0, 0.05) is 63.6 Å². The van der Waals surface area contributed by atoms with Gasteiger partial charge in [0.1, 0.15) is 0 Å². The minimum Gasteiger partial charge on any atom is -0.381 e. The average molecular weight is 553 g/mol. The molecule has 2 saturated heterocycles. The van der Waals surface area contributed by atoms with Crippen molar-refractivity contribution in [3.8, 4) is 0 Å². The number of alkyl halides is 3. The quantitative estimate of drug-likeness (QED) is 0.567. The number of halogens is 4. The molecule has 2 aliphatic rings. The van der Waals surface area contributed by atoms with E-state index in [9.17, 15) is 27.9 Å². The molecule has 11 heteroatoms. The van der Waals surface area contributed by atoms with Crippen LogP contribution in [-0.2, 0) is 10.4 Å². The first kappa shape index (κ1) is 28.2. The third kappa shape index (κ3) is 5.62. The zero-order chi connectivity index (χ0) is 27.7. The molecule has 2 aliphatic heterocycles. The van der Waals surface area contributed by atoms with Gasteiger partial charge in [-0.15, -0.1) is 0 Å². The molecule has 0 unspecified atom stereocenters. The van der Waals surface area contributed by atoms with Gasteiger partial charge in [0.25, 0.3) is 17.4 Å². The Hall–Kier alpha value is -2.82. The fraction of sp³-hybridized carbons (Fsp3) is 0.481. The normalized spacial score (nSPS) is 20.7. The van der Waals surface area contributed by atoms with Crippen LogP contribution >= 0.6 is 11.6 Å². The summed E-state index contributed by atoms with van der Waals surface area (Å²) in [5.74, 6) is -1.50. The number of hydrogen-bond donors (Lipinski definition) is 2. The van der Waals surface area contributed by atoms with Gasteiger partial charge in [0.05, 0.1) is 10.6 Å². The Labute approximate surface area is 225 Å². The number of carbonyl (C=O) groups excluding carboxylic acids is 2. The number of nitrogens with zero attached hydrogens (tertiary/aromatic N) is 3. The summed E-state index contributed by atoms with van der Waals surface area (Å²) in [6.45, 7) is 1.84. The molecule has 0 aliphatic carbocycles. The van der Waals surface area contributed by atoms with Crippen molar-refractivity contribution in [2.24, 2.45) is 0 Å². The summed E-state index contributed by atoms with van der Waals surface area (Å²) in [5.41, 5.74) is -2.81. The van der Waals surface area contributed by atoms with Gasteiger partial charge >= 0.3 is 6.18 Å². The molecule has 2 atom stereocenters. The highest BCUT2D eigenvalue weighted by Crippen LogP contribution is 2.41. The fourth-order valence-corrected chi connectivity index (χ4v) is 5.50. The summed E-state index contributed by atoms with van der Waals surface area (Å²) in [7, 11) is 3.33. The molecule has 0 aromatic heterocycles. The first-order valence-electron chi connectivity index (χ1n) is 12.6. The molecule has 2 aromatic rings. The van der Waals surface area contributed by atoms with Gasteiger partial charge in [-0.05, 0) is 37.5 Å². The van der Waals surface area contributed by atoms with Crippen molar-refractivity contribution in [1.29, 1.82) is 0 Å². The highest BCUT2D eigenvalue weighted by molar-refractivity contribution is 6.34. The maximum atomic E-state index is 13.9. The molecule has 4 rings (SSSR count). The van der Waals surface area contributed by atoms with Gasteiger partial charge in [-0.1, -0.05) is 41.9 Å². The topological polar surface area (TPSA) is 76.1 Å². The molecule has 2 heterocycles. The van der Waals surface area contributed by atoms with E-state index in [2.05, 4.69) is 10.2 Å². The van der Waals surface area contributed by atoms with Gasteiger partial charge in [0.15, 0.2) is 0 Å². The first-order valence-corrected chi connectivity index (χ1v) is 13.0. The van der Waals surface area contributed by atoms with Crippen molar-refractivity contribution in [2.45, 2.75) is 43.1 Å². The number of anilines is 1. The van der Waals surface area contributed by atoms with Crippen LogP contribution < -0.4 is 5.32 Å². The van der Waals surface area contributed by atoms with E-state index in [1.807, 2.05) is 6.07 Å². The van der Waals surface area contributed by atoms with Crippen LogP contribution in [0.5, 0.6) is 0 Å². The summed E-state index contributed by atoms with van der Waals surface area (Å²) in [6.07, 6.45) is -3.23. The molecule has 0 spiro atoms.